The molecule has 0 aromatic carbocycles. The highest BCUT2D eigenvalue weighted by Gasteiger charge is 2.23. The SMILES string of the molecule is CNCc1ccc(S(=O)(=O)NCC(C)C(C)(C)C)nc1. The number of pyridine rings is 1. The number of hydrogen-bond donors (Lipinski definition) is 2. The van der Waals surface area contributed by atoms with Crippen molar-refractivity contribution < 1.29 is 8.42 Å². The molecule has 1 aromatic heterocycles. The van der Waals surface area contributed by atoms with E-state index in [1.54, 1.807) is 12.3 Å². The van der Waals surface area contributed by atoms with Gasteiger partial charge in [0.05, 0.1) is 0 Å². The number of sulfonamides is 1. The lowest BCUT2D eigenvalue weighted by atomic mass is 9.82. The van der Waals surface area contributed by atoms with Gasteiger partial charge in [-0.1, -0.05) is 33.8 Å². The third-order valence-electron chi connectivity index (χ3n) is 3.51. The maximum absolute atomic E-state index is 12.1. The predicted molar refractivity (Wildman–Crippen MR) is 80.8 cm³/mol. The molecule has 0 fully saturated rings. The molecule has 0 radical (unpaired) electrons. The quantitative estimate of drug-likeness (QED) is 0.839. The Morgan fingerprint density at radius 2 is 1.95 bits per heavy atom. The molecule has 2 N–H and O–H groups in total. The Morgan fingerprint density at radius 3 is 2.40 bits per heavy atom. The zero-order valence-corrected chi connectivity index (χ0v) is 13.7. The molecule has 0 amide bonds. The van der Waals surface area contributed by atoms with Crippen LogP contribution in [-0.4, -0.2) is 27.0 Å². The minimum atomic E-state index is -3.53. The third-order valence-corrected chi connectivity index (χ3v) is 4.85. The van der Waals surface area contributed by atoms with Gasteiger partial charge in [-0.15, -0.1) is 0 Å². The van der Waals surface area contributed by atoms with Crippen LogP contribution in [0.25, 0.3) is 0 Å². The van der Waals surface area contributed by atoms with Crippen LogP contribution in [0.15, 0.2) is 23.4 Å². The molecule has 1 rings (SSSR count). The predicted octanol–water partition coefficient (Wildman–Crippen LogP) is 1.76. The van der Waals surface area contributed by atoms with Crippen molar-refractivity contribution in [3.8, 4) is 0 Å². The highest BCUT2D eigenvalue weighted by Crippen LogP contribution is 2.24. The van der Waals surface area contributed by atoms with Gasteiger partial charge in [-0.05, 0) is 30.0 Å². The second-order valence-corrected chi connectivity index (χ2v) is 7.87. The Kier molecular flexibility index (Phi) is 5.68. The average Bonchev–Trinajstić information content (AvgIpc) is 2.36. The molecule has 6 heteroatoms. The smallest absolute Gasteiger partial charge is 0.258 e. The van der Waals surface area contributed by atoms with Gasteiger partial charge < -0.3 is 5.32 Å². The Bertz CT molecular complexity index is 518. The number of nitrogens with zero attached hydrogens (tertiary/aromatic N) is 1. The fourth-order valence-electron chi connectivity index (χ4n) is 1.49. The molecule has 0 aliphatic carbocycles. The van der Waals surface area contributed by atoms with Crippen LogP contribution in [0.5, 0.6) is 0 Å². The van der Waals surface area contributed by atoms with Gasteiger partial charge in [-0.3, -0.25) is 0 Å². The molecule has 20 heavy (non-hydrogen) atoms. The lowest BCUT2D eigenvalue weighted by Crippen LogP contribution is -2.34. The fourth-order valence-corrected chi connectivity index (χ4v) is 2.55. The molecule has 0 aliphatic heterocycles. The summed E-state index contributed by atoms with van der Waals surface area (Å²) in [5.74, 6) is 0.237. The Hall–Kier alpha value is -0.980. The van der Waals surface area contributed by atoms with Crippen LogP contribution in [0.1, 0.15) is 33.3 Å². The molecule has 0 bridgehead atoms. The summed E-state index contributed by atoms with van der Waals surface area (Å²) in [6.45, 7) is 9.39. The summed E-state index contributed by atoms with van der Waals surface area (Å²) >= 11 is 0. The third kappa shape index (κ3) is 4.85. The summed E-state index contributed by atoms with van der Waals surface area (Å²) in [6.07, 6.45) is 1.58. The molecule has 0 saturated carbocycles. The van der Waals surface area contributed by atoms with E-state index < -0.39 is 10.0 Å². The second-order valence-electron chi connectivity index (χ2n) is 6.15. The first-order chi connectivity index (χ1) is 9.16. The van der Waals surface area contributed by atoms with Crippen LogP contribution in [0.4, 0.5) is 0 Å². The monoisotopic (exact) mass is 299 g/mol. The highest BCUT2D eigenvalue weighted by molar-refractivity contribution is 7.89. The molecule has 1 unspecified atom stereocenters. The van der Waals surface area contributed by atoms with Crippen LogP contribution in [0.3, 0.4) is 0 Å². The van der Waals surface area contributed by atoms with Crippen molar-refractivity contribution in [2.45, 2.75) is 39.3 Å². The molecule has 1 aromatic rings. The van der Waals surface area contributed by atoms with E-state index in [9.17, 15) is 8.42 Å². The van der Waals surface area contributed by atoms with Crippen molar-refractivity contribution in [1.29, 1.82) is 0 Å². The largest absolute Gasteiger partial charge is 0.316 e. The van der Waals surface area contributed by atoms with Gasteiger partial charge in [0.15, 0.2) is 5.03 Å². The second kappa shape index (κ2) is 6.65. The molecule has 0 spiro atoms. The van der Waals surface area contributed by atoms with Crippen LogP contribution < -0.4 is 10.0 Å². The maximum atomic E-state index is 12.1. The van der Waals surface area contributed by atoms with Gasteiger partial charge in [0, 0.05) is 19.3 Å². The van der Waals surface area contributed by atoms with Gasteiger partial charge >= 0.3 is 0 Å². The van der Waals surface area contributed by atoms with Crippen LogP contribution in [-0.2, 0) is 16.6 Å². The molecule has 1 heterocycles. The summed E-state index contributed by atoms with van der Waals surface area (Å²) in [4.78, 5) is 4.02. The van der Waals surface area contributed by atoms with E-state index in [4.69, 9.17) is 0 Å². The normalized spacial score (nSPS) is 14.2. The van der Waals surface area contributed by atoms with Crippen molar-refractivity contribution >= 4 is 10.0 Å². The summed E-state index contributed by atoms with van der Waals surface area (Å²) in [5.41, 5.74) is 1.02. The van der Waals surface area contributed by atoms with E-state index in [0.717, 1.165) is 5.56 Å². The maximum Gasteiger partial charge on any atom is 0.258 e. The van der Waals surface area contributed by atoms with Gasteiger partial charge in [-0.2, -0.15) is 0 Å². The molecule has 5 nitrogen and oxygen atoms in total. The number of nitrogens with one attached hydrogen (secondary N) is 2. The van der Waals surface area contributed by atoms with Crippen molar-refractivity contribution in [3.05, 3.63) is 23.9 Å². The Balaban J connectivity index is 2.74. The minimum Gasteiger partial charge on any atom is -0.316 e. The minimum absolute atomic E-state index is 0.0621. The lowest BCUT2D eigenvalue weighted by Gasteiger charge is -2.27. The summed E-state index contributed by atoms with van der Waals surface area (Å²) in [7, 11) is -1.70. The first-order valence-corrected chi connectivity index (χ1v) is 8.24. The van der Waals surface area contributed by atoms with Crippen LogP contribution >= 0.6 is 0 Å². The first kappa shape index (κ1) is 17.1. The van der Waals surface area contributed by atoms with Crippen molar-refractivity contribution in [2.75, 3.05) is 13.6 Å². The highest BCUT2D eigenvalue weighted by atomic mass is 32.2. The van der Waals surface area contributed by atoms with E-state index in [1.807, 2.05) is 14.0 Å². The average molecular weight is 299 g/mol. The van der Waals surface area contributed by atoms with E-state index >= 15 is 0 Å². The van der Waals surface area contributed by atoms with Crippen LogP contribution in [0.2, 0.25) is 0 Å². The van der Waals surface area contributed by atoms with Crippen LogP contribution in [0, 0.1) is 11.3 Å². The molecule has 0 aliphatic rings. The van der Waals surface area contributed by atoms with Gasteiger partial charge in [0.2, 0.25) is 0 Å². The van der Waals surface area contributed by atoms with Crippen molar-refractivity contribution in [2.24, 2.45) is 11.3 Å². The van der Waals surface area contributed by atoms with E-state index in [2.05, 4.69) is 35.8 Å². The summed E-state index contributed by atoms with van der Waals surface area (Å²) < 4.78 is 26.9. The molecular formula is C14H25N3O2S. The zero-order chi connectivity index (χ0) is 15.4. The zero-order valence-electron chi connectivity index (χ0n) is 12.9. The molecular weight excluding hydrogens is 274 g/mol. The van der Waals surface area contributed by atoms with Gasteiger partial charge in [-0.25, -0.2) is 18.1 Å². The fraction of sp³-hybridized carbons (Fsp3) is 0.643. The summed E-state index contributed by atoms with van der Waals surface area (Å²) in [6, 6.07) is 3.31. The van der Waals surface area contributed by atoms with E-state index in [-0.39, 0.29) is 16.4 Å². The lowest BCUT2D eigenvalue weighted by molar-refractivity contribution is 0.263. The number of hydrogen-bond acceptors (Lipinski definition) is 4. The molecule has 1 atom stereocenters. The van der Waals surface area contributed by atoms with Gasteiger partial charge in [0.1, 0.15) is 0 Å². The number of aromatic nitrogens is 1. The van der Waals surface area contributed by atoms with Crippen molar-refractivity contribution in [1.82, 2.24) is 15.0 Å². The topological polar surface area (TPSA) is 71.1 Å². The van der Waals surface area contributed by atoms with E-state index in [1.165, 1.54) is 6.07 Å². The van der Waals surface area contributed by atoms with Gasteiger partial charge in [0.25, 0.3) is 10.0 Å². The summed E-state index contributed by atoms with van der Waals surface area (Å²) in [5, 5.41) is 3.06. The van der Waals surface area contributed by atoms with E-state index in [0.29, 0.717) is 13.1 Å². The molecule has 0 saturated heterocycles. The Morgan fingerprint density at radius 1 is 1.30 bits per heavy atom. The Labute approximate surface area is 122 Å². The standard InChI is InChI=1S/C14H25N3O2S/c1-11(14(2,3)4)8-17-20(18,19)13-7-6-12(9-15-5)10-16-13/h6-7,10-11,15,17H,8-9H2,1-5H3. The first-order valence-electron chi connectivity index (χ1n) is 6.76. The van der Waals surface area contributed by atoms with Crippen molar-refractivity contribution in [3.63, 3.8) is 0 Å². The number of rotatable bonds is 6. The molecule has 114 valence electrons.